The highest BCUT2D eigenvalue weighted by molar-refractivity contribution is 7.15. The first-order valence-electron chi connectivity index (χ1n) is 9.08. The lowest BCUT2D eigenvalue weighted by atomic mass is 10.2. The zero-order valence-electron chi connectivity index (χ0n) is 15.4. The summed E-state index contributed by atoms with van der Waals surface area (Å²) in [6, 6.07) is 8.16. The Morgan fingerprint density at radius 2 is 2.18 bits per heavy atom. The molecule has 1 aromatic carbocycles. The number of nitrogens with zero attached hydrogens (tertiary/aromatic N) is 2. The molecule has 146 valence electrons. The third-order valence-electron chi connectivity index (χ3n) is 4.53. The van der Waals surface area contributed by atoms with E-state index >= 15 is 0 Å². The SMILES string of the molecule is Cc1csc2nc(COC(=O)c3ccc(OC[C@H]4CCCO4)cc3)cc(=O)n12. The molecule has 0 amide bonds. The van der Waals surface area contributed by atoms with Gasteiger partial charge in [0, 0.05) is 23.7 Å². The normalized spacial score (nSPS) is 16.4. The maximum atomic E-state index is 12.3. The number of fused-ring (bicyclic) bond motifs is 1. The molecular formula is C20H20N2O5S. The van der Waals surface area contributed by atoms with Gasteiger partial charge in [-0.25, -0.2) is 9.78 Å². The number of hydrogen-bond acceptors (Lipinski definition) is 7. The van der Waals surface area contributed by atoms with Crippen molar-refractivity contribution in [2.24, 2.45) is 0 Å². The average molecular weight is 400 g/mol. The van der Waals surface area contributed by atoms with E-state index < -0.39 is 5.97 Å². The van der Waals surface area contributed by atoms with Gasteiger partial charge >= 0.3 is 5.97 Å². The van der Waals surface area contributed by atoms with Gasteiger partial charge in [0.25, 0.3) is 5.56 Å². The summed E-state index contributed by atoms with van der Waals surface area (Å²) in [6.45, 7) is 3.09. The number of benzene rings is 1. The molecule has 0 radical (unpaired) electrons. The van der Waals surface area contributed by atoms with Gasteiger partial charge in [-0.05, 0) is 44.0 Å². The summed E-state index contributed by atoms with van der Waals surface area (Å²) >= 11 is 1.38. The van der Waals surface area contributed by atoms with Crippen LogP contribution in [0.3, 0.4) is 0 Å². The van der Waals surface area contributed by atoms with E-state index in [9.17, 15) is 9.59 Å². The number of carbonyl (C=O) groups is 1. The highest BCUT2D eigenvalue weighted by Crippen LogP contribution is 2.17. The lowest BCUT2D eigenvalue weighted by Gasteiger charge is -2.11. The fourth-order valence-corrected chi connectivity index (χ4v) is 3.94. The zero-order valence-corrected chi connectivity index (χ0v) is 16.2. The van der Waals surface area contributed by atoms with E-state index in [0.717, 1.165) is 25.1 Å². The van der Waals surface area contributed by atoms with E-state index in [0.29, 0.717) is 28.6 Å². The second-order valence-corrected chi connectivity index (χ2v) is 7.46. The monoisotopic (exact) mass is 400 g/mol. The molecule has 1 atom stereocenters. The summed E-state index contributed by atoms with van der Waals surface area (Å²) in [5, 5.41) is 1.86. The van der Waals surface area contributed by atoms with Crippen LogP contribution in [0, 0.1) is 6.92 Å². The Morgan fingerprint density at radius 3 is 2.93 bits per heavy atom. The molecule has 7 nitrogen and oxygen atoms in total. The second kappa shape index (κ2) is 8.12. The fraction of sp³-hybridized carbons (Fsp3) is 0.350. The van der Waals surface area contributed by atoms with Crippen molar-refractivity contribution < 1.29 is 19.0 Å². The van der Waals surface area contributed by atoms with Crippen molar-refractivity contribution in [2.75, 3.05) is 13.2 Å². The van der Waals surface area contributed by atoms with E-state index in [1.165, 1.54) is 21.8 Å². The first-order chi connectivity index (χ1) is 13.6. The molecule has 0 N–H and O–H groups in total. The van der Waals surface area contributed by atoms with Crippen LogP contribution in [0.2, 0.25) is 0 Å². The molecule has 0 aliphatic carbocycles. The van der Waals surface area contributed by atoms with Crippen molar-refractivity contribution in [3.63, 3.8) is 0 Å². The predicted molar refractivity (Wildman–Crippen MR) is 104 cm³/mol. The van der Waals surface area contributed by atoms with Gasteiger partial charge in [0.1, 0.15) is 19.0 Å². The molecule has 0 spiro atoms. The van der Waals surface area contributed by atoms with Crippen LogP contribution >= 0.6 is 11.3 Å². The molecule has 1 fully saturated rings. The number of carbonyl (C=O) groups excluding carboxylic acids is 1. The topological polar surface area (TPSA) is 79.1 Å². The predicted octanol–water partition coefficient (Wildman–Crippen LogP) is 2.98. The molecule has 0 bridgehead atoms. The van der Waals surface area contributed by atoms with E-state index in [-0.39, 0.29) is 18.3 Å². The summed E-state index contributed by atoms with van der Waals surface area (Å²) < 4.78 is 18.0. The van der Waals surface area contributed by atoms with E-state index in [1.807, 2.05) is 12.3 Å². The van der Waals surface area contributed by atoms with E-state index in [4.69, 9.17) is 14.2 Å². The Morgan fingerprint density at radius 1 is 1.36 bits per heavy atom. The molecule has 28 heavy (non-hydrogen) atoms. The fourth-order valence-electron chi connectivity index (χ4n) is 3.05. The van der Waals surface area contributed by atoms with Crippen molar-refractivity contribution in [1.82, 2.24) is 9.38 Å². The van der Waals surface area contributed by atoms with Crippen LogP contribution < -0.4 is 10.3 Å². The Bertz CT molecular complexity index is 1030. The van der Waals surface area contributed by atoms with E-state index in [2.05, 4.69) is 4.98 Å². The Labute approximate surface area is 165 Å². The minimum Gasteiger partial charge on any atom is -0.491 e. The molecule has 3 aromatic rings. The van der Waals surface area contributed by atoms with Crippen LogP contribution in [0.25, 0.3) is 4.96 Å². The van der Waals surface area contributed by atoms with Crippen LogP contribution in [0.4, 0.5) is 0 Å². The molecular weight excluding hydrogens is 380 g/mol. The standard InChI is InChI=1S/C20H20N2O5S/c1-13-12-28-20-21-15(9-18(23)22(13)20)10-27-19(24)14-4-6-16(7-5-14)26-11-17-3-2-8-25-17/h4-7,9,12,17H,2-3,8,10-11H2,1H3/t17-/m1/s1. The minimum atomic E-state index is -0.477. The number of aromatic nitrogens is 2. The van der Waals surface area contributed by atoms with Gasteiger partial charge in [-0.15, -0.1) is 11.3 Å². The van der Waals surface area contributed by atoms with Crippen LogP contribution in [-0.4, -0.2) is 34.7 Å². The maximum Gasteiger partial charge on any atom is 0.338 e. The number of rotatable bonds is 6. The summed E-state index contributed by atoms with van der Waals surface area (Å²) in [4.78, 5) is 29.4. The highest BCUT2D eigenvalue weighted by atomic mass is 32.1. The van der Waals surface area contributed by atoms with Gasteiger partial charge in [-0.3, -0.25) is 9.20 Å². The van der Waals surface area contributed by atoms with Gasteiger partial charge in [0.2, 0.25) is 0 Å². The van der Waals surface area contributed by atoms with Gasteiger partial charge in [0.05, 0.1) is 17.4 Å². The third kappa shape index (κ3) is 4.07. The first kappa shape index (κ1) is 18.6. The number of hydrogen-bond donors (Lipinski definition) is 0. The number of ether oxygens (including phenoxy) is 3. The first-order valence-corrected chi connectivity index (χ1v) is 9.96. The van der Waals surface area contributed by atoms with Crippen LogP contribution in [0.1, 0.15) is 34.6 Å². The Hall–Kier alpha value is -2.71. The average Bonchev–Trinajstić information content (AvgIpc) is 3.35. The molecule has 0 unspecified atom stereocenters. The van der Waals surface area contributed by atoms with Gasteiger partial charge in [0.15, 0.2) is 4.96 Å². The van der Waals surface area contributed by atoms with Crippen LogP contribution in [0.15, 0.2) is 40.5 Å². The van der Waals surface area contributed by atoms with Gasteiger partial charge < -0.3 is 14.2 Å². The second-order valence-electron chi connectivity index (χ2n) is 6.63. The smallest absolute Gasteiger partial charge is 0.338 e. The molecule has 4 rings (SSSR count). The molecule has 0 saturated carbocycles. The summed E-state index contributed by atoms with van der Waals surface area (Å²) in [7, 11) is 0. The highest BCUT2D eigenvalue weighted by Gasteiger charge is 2.16. The Balaban J connectivity index is 1.35. The van der Waals surface area contributed by atoms with E-state index in [1.54, 1.807) is 24.3 Å². The maximum absolute atomic E-state index is 12.3. The van der Waals surface area contributed by atoms with Crippen LogP contribution in [0.5, 0.6) is 5.75 Å². The Kier molecular flexibility index (Phi) is 5.40. The summed E-state index contributed by atoms with van der Waals surface area (Å²) in [5.74, 6) is 0.204. The molecule has 2 aromatic heterocycles. The largest absolute Gasteiger partial charge is 0.491 e. The summed E-state index contributed by atoms with van der Waals surface area (Å²) in [5.41, 5.74) is 1.50. The van der Waals surface area contributed by atoms with Crippen molar-refractivity contribution in [3.05, 3.63) is 63.0 Å². The van der Waals surface area contributed by atoms with Gasteiger partial charge in [-0.2, -0.15) is 0 Å². The van der Waals surface area contributed by atoms with Crippen molar-refractivity contribution in [1.29, 1.82) is 0 Å². The van der Waals surface area contributed by atoms with Crippen molar-refractivity contribution in [2.45, 2.75) is 32.5 Å². The molecule has 8 heteroatoms. The quantitative estimate of drug-likeness (QED) is 0.592. The summed E-state index contributed by atoms with van der Waals surface area (Å²) in [6.07, 6.45) is 2.23. The minimum absolute atomic E-state index is 0.0568. The van der Waals surface area contributed by atoms with Crippen LogP contribution in [-0.2, 0) is 16.1 Å². The van der Waals surface area contributed by atoms with Crippen molar-refractivity contribution in [3.8, 4) is 5.75 Å². The zero-order chi connectivity index (χ0) is 19.5. The molecule has 1 saturated heterocycles. The third-order valence-corrected chi connectivity index (χ3v) is 5.47. The lowest BCUT2D eigenvalue weighted by Crippen LogP contribution is -2.16. The number of esters is 1. The number of thiazole rings is 1. The number of aryl methyl sites for hydroxylation is 1. The molecule has 3 heterocycles. The molecule has 1 aliphatic heterocycles. The molecule has 1 aliphatic rings. The lowest BCUT2D eigenvalue weighted by molar-refractivity contribution is 0.0467. The van der Waals surface area contributed by atoms with Gasteiger partial charge in [-0.1, -0.05) is 0 Å². The van der Waals surface area contributed by atoms with Crippen molar-refractivity contribution >= 4 is 22.3 Å².